The van der Waals surface area contributed by atoms with E-state index in [-0.39, 0.29) is 33.0 Å². The first kappa shape index (κ1) is 39.3. The van der Waals surface area contributed by atoms with Gasteiger partial charge in [0.25, 0.3) is 5.56 Å². The normalized spacial score (nSPS) is 22.4. The minimum absolute atomic E-state index is 0.00534. The Morgan fingerprint density at radius 3 is 1.61 bits per heavy atom. The lowest BCUT2D eigenvalue weighted by Gasteiger charge is -2.37. The van der Waals surface area contributed by atoms with Crippen molar-refractivity contribution in [2.75, 3.05) is 86.9 Å². The number of H-pyrrole nitrogens is 1. The van der Waals surface area contributed by atoms with E-state index in [0.717, 1.165) is 16.7 Å². The van der Waals surface area contributed by atoms with Crippen molar-refractivity contribution in [1.82, 2.24) is 9.55 Å². The van der Waals surface area contributed by atoms with Crippen LogP contribution in [0.1, 0.15) is 22.9 Å². The van der Waals surface area contributed by atoms with Crippen LogP contribution in [0.15, 0.2) is 101 Å². The summed E-state index contributed by atoms with van der Waals surface area (Å²) in [5, 5.41) is 0. The first-order chi connectivity index (χ1) is 26.5. The average Bonchev–Trinajstić information content (AvgIpc) is 3.54. The van der Waals surface area contributed by atoms with E-state index in [2.05, 4.69) is 4.98 Å². The Balaban J connectivity index is 1.37. The molecule has 290 valence electrons. The fourth-order valence-corrected chi connectivity index (χ4v) is 6.60. The van der Waals surface area contributed by atoms with E-state index in [1.54, 1.807) is 14.2 Å². The molecule has 3 heterocycles. The molecule has 0 saturated carbocycles. The van der Waals surface area contributed by atoms with Crippen LogP contribution < -0.4 is 20.7 Å². The molecule has 4 atom stereocenters. The Hall–Kier alpha value is -4.38. The molecule has 6 rings (SSSR count). The molecule has 14 heteroatoms. The zero-order chi connectivity index (χ0) is 37.6. The van der Waals surface area contributed by atoms with Crippen LogP contribution in [0.2, 0.25) is 0 Å². The number of fused-ring (bicyclic) bond motifs is 1. The van der Waals surface area contributed by atoms with Crippen molar-refractivity contribution in [3.05, 3.63) is 129 Å². The van der Waals surface area contributed by atoms with Crippen LogP contribution in [0, 0.1) is 0 Å². The average molecular weight is 749 g/mol. The fraction of sp³-hybridized carbons (Fsp3) is 0.450. The van der Waals surface area contributed by atoms with Crippen LogP contribution in [0.3, 0.4) is 0 Å². The highest BCUT2D eigenvalue weighted by molar-refractivity contribution is 5.49. The van der Waals surface area contributed by atoms with Crippen molar-refractivity contribution in [2.24, 2.45) is 0 Å². The summed E-state index contributed by atoms with van der Waals surface area (Å²) >= 11 is 0. The molecular weight excluding hydrogens is 700 g/mol. The highest BCUT2D eigenvalue weighted by Crippen LogP contribution is 2.43. The lowest BCUT2D eigenvalue weighted by molar-refractivity contribution is -0.111. The number of nitrogens with one attached hydrogen (secondary N) is 1. The number of hydrogen-bond acceptors (Lipinski definition) is 12. The van der Waals surface area contributed by atoms with E-state index in [4.69, 9.17) is 47.4 Å². The van der Waals surface area contributed by atoms with Gasteiger partial charge in [-0.15, -0.1) is 0 Å². The van der Waals surface area contributed by atoms with Crippen molar-refractivity contribution < 1.29 is 47.4 Å². The van der Waals surface area contributed by atoms with E-state index in [9.17, 15) is 9.59 Å². The quantitative estimate of drug-likeness (QED) is 0.251. The highest BCUT2D eigenvalue weighted by Gasteiger charge is 2.49. The third-order valence-corrected chi connectivity index (χ3v) is 9.24. The molecule has 2 aliphatic heterocycles. The van der Waals surface area contributed by atoms with Gasteiger partial charge in [-0.05, 0) is 41.0 Å². The smallest absolute Gasteiger partial charge is 0.330 e. The monoisotopic (exact) mass is 748 g/mol. The van der Waals surface area contributed by atoms with Crippen molar-refractivity contribution in [3.8, 4) is 11.5 Å². The van der Waals surface area contributed by atoms with Crippen LogP contribution in [0.4, 0.5) is 0 Å². The van der Waals surface area contributed by atoms with Crippen LogP contribution in [0.25, 0.3) is 0 Å². The van der Waals surface area contributed by atoms with Gasteiger partial charge in [-0.3, -0.25) is 14.3 Å². The standard InChI is InChI=1S/C40H48N2O12/c1-45-32-12-8-30(9-13-32)40(29-6-4-3-5-7-29,31-10-14-33(46-2)15-11-31)53-28-34-36-37(38(54-34)42-17-16-35(43)41-39(42)44)52-27-25-50-23-21-48-19-18-47-20-22-49-24-26-51-36/h3-17,34,36-38H,18-28H2,1-2H3,(H,41,43,44)/t34-,36-,37-,38-/m1/s1. The third-order valence-electron chi connectivity index (χ3n) is 9.24. The molecule has 54 heavy (non-hydrogen) atoms. The second-order valence-electron chi connectivity index (χ2n) is 12.5. The minimum atomic E-state index is -1.15. The molecule has 2 fully saturated rings. The maximum absolute atomic E-state index is 13.2. The lowest BCUT2D eigenvalue weighted by Crippen LogP contribution is -2.43. The molecule has 0 bridgehead atoms. The van der Waals surface area contributed by atoms with Crippen molar-refractivity contribution in [2.45, 2.75) is 30.1 Å². The number of benzene rings is 3. The first-order valence-electron chi connectivity index (χ1n) is 18.0. The van der Waals surface area contributed by atoms with E-state index in [1.165, 1.54) is 16.8 Å². The Bertz CT molecular complexity index is 1770. The second-order valence-corrected chi connectivity index (χ2v) is 12.5. The number of aromatic nitrogens is 2. The molecule has 1 N–H and O–H groups in total. The van der Waals surface area contributed by atoms with Crippen LogP contribution >= 0.6 is 0 Å². The number of rotatable bonds is 9. The SMILES string of the molecule is COc1ccc(C(OC[C@H]2O[C@@H](n3ccc(=O)[nH]c3=O)[C@@H]3OCCOCCOCCOCCOCCO[C@@H]32)(c2ccccc2)c2ccc(OC)cc2)cc1. The number of methoxy groups -OCH3 is 2. The van der Waals surface area contributed by atoms with E-state index >= 15 is 0 Å². The van der Waals surface area contributed by atoms with Gasteiger partial charge in [-0.2, -0.15) is 0 Å². The molecule has 0 aliphatic carbocycles. The van der Waals surface area contributed by atoms with Crippen LogP contribution in [-0.2, 0) is 43.5 Å². The van der Waals surface area contributed by atoms with Gasteiger partial charge in [-0.25, -0.2) is 4.79 Å². The summed E-state index contributed by atoms with van der Waals surface area (Å²) in [5.41, 5.74) is 0.198. The van der Waals surface area contributed by atoms with Gasteiger partial charge in [0.2, 0.25) is 0 Å². The molecule has 14 nitrogen and oxygen atoms in total. The van der Waals surface area contributed by atoms with Crippen LogP contribution in [0.5, 0.6) is 11.5 Å². The summed E-state index contributed by atoms with van der Waals surface area (Å²) in [5.74, 6) is 1.39. The molecule has 3 aromatic carbocycles. The van der Waals surface area contributed by atoms with Gasteiger partial charge in [-0.1, -0.05) is 54.6 Å². The molecule has 1 aromatic heterocycles. The summed E-state index contributed by atoms with van der Waals surface area (Å²) in [6.07, 6.45) is -1.90. The van der Waals surface area contributed by atoms with Gasteiger partial charge >= 0.3 is 5.69 Å². The number of nitrogens with zero attached hydrogens (tertiary/aromatic N) is 1. The van der Waals surface area contributed by atoms with E-state index < -0.39 is 41.4 Å². The molecule has 2 saturated heterocycles. The van der Waals surface area contributed by atoms with Gasteiger partial charge in [0.1, 0.15) is 35.4 Å². The van der Waals surface area contributed by atoms with Crippen LogP contribution in [-0.4, -0.2) is 115 Å². The molecule has 2 aliphatic rings. The van der Waals surface area contributed by atoms with Gasteiger partial charge in [0.15, 0.2) is 6.23 Å². The summed E-state index contributed by atoms with van der Waals surface area (Å²) in [4.78, 5) is 27.6. The molecule has 0 unspecified atom stereocenters. The Morgan fingerprint density at radius 1 is 0.630 bits per heavy atom. The van der Waals surface area contributed by atoms with Gasteiger partial charge < -0.3 is 47.4 Å². The van der Waals surface area contributed by atoms with E-state index in [0.29, 0.717) is 51.1 Å². The second kappa shape index (κ2) is 19.8. The maximum Gasteiger partial charge on any atom is 0.330 e. The van der Waals surface area contributed by atoms with Gasteiger partial charge in [0, 0.05) is 12.3 Å². The van der Waals surface area contributed by atoms with Crippen molar-refractivity contribution in [1.29, 1.82) is 0 Å². The number of ether oxygens (including phenoxy) is 10. The molecule has 0 radical (unpaired) electrons. The third kappa shape index (κ3) is 9.64. The summed E-state index contributed by atoms with van der Waals surface area (Å²) in [6, 6.07) is 26.6. The molecule has 4 aromatic rings. The molecule has 0 amide bonds. The predicted molar refractivity (Wildman–Crippen MR) is 196 cm³/mol. The summed E-state index contributed by atoms with van der Waals surface area (Å²) in [7, 11) is 3.24. The Kier molecular flexibility index (Phi) is 14.4. The number of aromatic amines is 1. The largest absolute Gasteiger partial charge is 0.497 e. The van der Waals surface area contributed by atoms with E-state index in [1.807, 2.05) is 78.9 Å². The maximum atomic E-state index is 13.2. The predicted octanol–water partition coefficient (Wildman–Crippen LogP) is 3.31. The first-order valence-corrected chi connectivity index (χ1v) is 18.0. The zero-order valence-corrected chi connectivity index (χ0v) is 30.6. The lowest BCUT2D eigenvalue weighted by atomic mass is 9.80. The minimum Gasteiger partial charge on any atom is -0.497 e. The number of hydrogen-bond donors (Lipinski definition) is 1. The summed E-state index contributed by atoms with van der Waals surface area (Å²) in [6.45, 7) is 3.34. The fourth-order valence-electron chi connectivity index (χ4n) is 6.60. The Morgan fingerprint density at radius 2 is 1.11 bits per heavy atom. The summed E-state index contributed by atoms with van der Waals surface area (Å²) < 4.78 is 61.8. The highest BCUT2D eigenvalue weighted by atomic mass is 16.6. The van der Waals surface area contributed by atoms with Gasteiger partial charge in [0.05, 0.1) is 86.9 Å². The topological polar surface area (TPSA) is 147 Å². The molecular formula is C40H48N2O12. The zero-order valence-electron chi connectivity index (χ0n) is 30.6. The molecule has 0 spiro atoms. The van der Waals surface area contributed by atoms with Crippen molar-refractivity contribution >= 4 is 0 Å². The van der Waals surface area contributed by atoms with Crippen molar-refractivity contribution in [3.63, 3.8) is 0 Å². The Labute approximate surface area is 313 Å².